The number of carbonyl (C=O) groups excluding carboxylic acids is 1. The highest BCUT2D eigenvalue weighted by atomic mass is 79.9. The zero-order valence-corrected chi connectivity index (χ0v) is 11.8. The first-order chi connectivity index (χ1) is 8.41. The van der Waals surface area contributed by atoms with E-state index in [2.05, 4.69) is 26.2 Å². The standard InChI is InChI=1S/C12H15BrN2O3/c1-7(2)5-10(12(17)18)15-11(16)8-3-4-14-6-9(8)13/h3-4,6-7,10H,5H2,1-2H3,(H,15,16)(H,17,18)/t10-/m1/s1. The SMILES string of the molecule is CC(C)C[C@@H](NC(=O)c1ccncc1Br)C(=O)O. The number of amides is 1. The van der Waals surface area contributed by atoms with Crippen LogP contribution in [0.5, 0.6) is 0 Å². The lowest BCUT2D eigenvalue weighted by atomic mass is 10.0. The molecule has 0 bridgehead atoms. The Balaban J connectivity index is 2.79. The summed E-state index contributed by atoms with van der Waals surface area (Å²) >= 11 is 3.20. The number of carboxylic acid groups (broad SMARTS) is 1. The normalized spacial score (nSPS) is 12.2. The van der Waals surface area contributed by atoms with Gasteiger partial charge in [-0.15, -0.1) is 0 Å². The van der Waals surface area contributed by atoms with Gasteiger partial charge in [0.05, 0.1) is 5.56 Å². The number of nitrogens with zero attached hydrogens (tertiary/aromatic N) is 1. The van der Waals surface area contributed by atoms with Crippen LogP contribution in [0.4, 0.5) is 0 Å². The Morgan fingerprint density at radius 2 is 2.17 bits per heavy atom. The number of carboxylic acids is 1. The molecular weight excluding hydrogens is 300 g/mol. The van der Waals surface area contributed by atoms with Gasteiger partial charge in [0.1, 0.15) is 6.04 Å². The van der Waals surface area contributed by atoms with E-state index in [0.29, 0.717) is 16.5 Å². The Kier molecular flexibility index (Phi) is 5.27. The van der Waals surface area contributed by atoms with Crippen molar-refractivity contribution in [3.05, 3.63) is 28.5 Å². The fraction of sp³-hybridized carbons (Fsp3) is 0.417. The van der Waals surface area contributed by atoms with Crippen LogP contribution in [0.2, 0.25) is 0 Å². The van der Waals surface area contributed by atoms with Crippen molar-refractivity contribution in [3.8, 4) is 0 Å². The van der Waals surface area contributed by atoms with Crippen molar-refractivity contribution < 1.29 is 14.7 Å². The quantitative estimate of drug-likeness (QED) is 0.872. The molecule has 5 nitrogen and oxygen atoms in total. The highest BCUT2D eigenvalue weighted by Crippen LogP contribution is 2.15. The molecule has 1 aromatic heterocycles. The van der Waals surface area contributed by atoms with Crippen molar-refractivity contribution in [1.82, 2.24) is 10.3 Å². The summed E-state index contributed by atoms with van der Waals surface area (Å²) in [5, 5.41) is 11.6. The molecule has 0 aliphatic carbocycles. The lowest BCUT2D eigenvalue weighted by Gasteiger charge is -2.16. The second-order valence-electron chi connectivity index (χ2n) is 4.35. The third-order valence-corrected chi connectivity index (χ3v) is 2.96. The van der Waals surface area contributed by atoms with E-state index in [-0.39, 0.29) is 5.92 Å². The molecule has 0 aliphatic heterocycles. The lowest BCUT2D eigenvalue weighted by Crippen LogP contribution is -2.41. The van der Waals surface area contributed by atoms with Gasteiger partial charge in [0.2, 0.25) is 0 Å². The number of rotatable bonds is 5. The molecule has 0 saturated heterocycles. The average molecular weight is 315 g/mol. The minimum Gasteiger partial charge on any atom is -0.480 e. The lowest BCUT2D eigenvalue weighted by molar-refractivity contribution is -0.139. The van der Waals surface area contributed by atoms with Gasteiger partial charge in [0.25, 0.3) is 5.91 Å². The van der Waals surface area contributed by atoms with E-state index in [0.717, 1.165) is 0 Å². The molecule has 98 valence electrons. The van der Waals surface area contributed by atoms with Crippen LogP contribution in [0, 0.1) is 5.92 Å². The summed E-state index contributed by atoms with van der Waals surface area (Å²) in [6.07, 6.45) is 3.37. The number of aliphatic carboxylic acids is 1. The van der Waals surface area contributed by atoms with Crippen LogP contribution in [0.1, 0.15) is 30.6 Å². The fourth-order valence-electron chi connectivity index (χ4n) is 1.49. The van der Waals surface area contributed by atoms with E-state index >= 15 is 0 Å². The molecule has 2 N–H and O–H groups in total. The Morgan fingerprint density at radius 1 is 1.50 bits per heavy atom. The first-order valence-electron chi connectivity index (χ1n) is 5.55. The second-order valence-corrected chi connectivity index (χ2v) is 5.20. The van der Waals surface area contributed by atoms with Crippen LogP contribution in [0.25, 0.3) is 0 Å². The van der Waals surface area contributed by atoms with Crippen LogP contribution >= 0.6 is 15.9 Å². The Morgan fingerprint density at radius 3 is 2.67 bits per heavy atom. The van der Waals surface area contributed by atoms with E-state index in [9.17, 15) is 9.59 Å². The monoisotopic (exact) mass is 314 g/mol. The largest absolute Gasteiger partial charge is 0.480 e. The third kappa shape index (κ3) is 4.10. The molecule has 18 heavy (non-hydrogen) atoms. The molecule has 1 rings (SSSR count). The summed E-state index contributed by atoms with van der Waals surface area (Å²) in [5.41, 5.74) is 0.375. The molecule has 0 saturated carbocycles. The van der Waals surface area contributed by atoms with Crippen molar-refractivity contribution in [2.24, 2.45) is 5.92 Å². The summed E-state index contributed by atoms with van der Waals surface area (Å²) in [7, 11) is 0. The molecule has 0 spiro atoms. The number of hydrogen-bond acceptors (Lipinski definition) is 3. The first-order valence-corrected chi connectivity index (χ1v) is 6.34. The number of hydrogen-bond donors (Lipinski definition) is 2. The Bertz CT molecular complexity index is 449. The summed E-state index contributed by atoms with van der Waals surface area (Å²) in [4.78, 5) is 26.8. The molecule has 0 radical (unpaired) electrons. The van der Waals surface area contributed by atoms with Crippen molar-refractivity contribution in [3.63, 3.8) is 0 Å². The zero-order chi connectivity index (χ0) is 13.7. The van der Waals surface area contributed by atoms with Gasteiger partial charge in [-0.2, -0.15) is 0 Å². The minimum atomic E-state index is -1.03. The highest BCUT2D eigenvalue weighted by molar-refractivity contribution is 9.10. The smallest absolute Gasteiger partial charge is 0.326 e. The number of carbonyl (C=O) groups is 2. The molecule has 1 atom stereocenters. The summed E-state index contributed by atoms with van der Waals surface area (Å²) < 4.78 is 0.538. The Labute approximate surface area is 114 Å². The minimum absolute atomic E-state index is 0.187. The fourth-order valence-corrected chi connectivity index (χ4v) is 1.92. The van der Waals surface area contributed by atoms with Crippen molar-refractivity contribution in [1.29, 1.82) is 0 Å². The average Bonchev–Trinajstić information content (AvgIpc) is 2.27. The highest BCUT2D eigenvalue weighted by Gasteiger charge is 2.22. The molecule has 1 aromatic rings. The van der Waals surface area contributed by atoms with Crippen LogP contribution in [-0.4, -0.2) is 28.0 Å². The van der Waals surface area contributed by atoms with E-state index in [1.807, 2.05) is 13.8 Å². The van der Waals surface area contributed by atoms with Gasteiger partial charge in [-0.3, -0.25) is 9.78 Å². The zero-order valence-electron chi connectivity index (χ0n) is 10.2. The van der Waals surface area contributed by atoms with Crippen LogP contribution in [0.3, 0.4) is 0 Å². The molecular formula is C12H15BrN2O3. The predicted molar refractivity (Wildman–Crippen MR) is 70.3 cm³/mol. The maximum absolute atomic E-state index is 11.9. The molecule has 1 heterocycles. The summed E-state index contributed by atoms with van der Waals surface area (Å²) in [5.74, 6) is -1.26. The predicted octanol–water partition coefficient (Wildman–Crippen LogP) is 2.07. The number of halogens is 1. The first kappa shape index (κ1) is 14.6. The van der Waals surface area contributed by atoms with Gasteiger partial charge >= 0.3 is 5.97 Å². The number of nitrogens with one attached hydrogen (secondary N) is 1. The van der Waals surface area contributed by atoms with Crippen molar-refractivity contribution >= 4 is 27.8 Å². The van der Waals surface area contributed by atoms with Gasteiger partial charge in [0, 0.05) is 16.9 Å². The maximum Gasteiger partial charge on any atom is 0.326 e. The molecule has 0 aromatic carbocycles. The molecule has 6 heteroatoms. The van der Waals surface area contributed by atoms with Gasteiger partial charge in [-0.05, 0) is 34.3 Å². The number of pyridine rings is 1. The number of aromatic nitrogens is 1. The molecule has 0 fully saturated rings. The van der Waals surface area contributed by atoms with E-state index in [4.69, 9.17) is 5.11 Å². The van der Waals surface area contributed by atoms with Crippen LogP contribution in [-0.2, 0) is 4.79 Å². The van der Waals surface area contributed by atoms with Crippen LogP contribution < -0.4 is 5.32 Å². The van der Waals surface area contributed by atoms with Crippen molar-refractivity contribution in [2.75, 3.05) is 0 Å². The summed E-state index contributed by atoms with van der Waals surface area (Å²) in [6, 6.07) is 0.658. The second kappa shape index (κ2) is 6.49. The molecule has 0 aliphatic rings. The van der Waals surface area contributed by atoms with E-state index in [1.54, 1.807) is 0 Å². The Hall–Kier alpha value is -1.43. The third-order valence-electron chi connectivity index (χ3n) is 2.33. The van der Waals surface area contributed by atoms with Gasteiger partial charge in [-0.1, -0.05) is 13.8 Å². The van der Waals surface area contributed by atoms with Gasteiger partial charge < -0.3 is 10.4 Å². The maximum atomic E-state index is 11.9. The van der Waals surface area contributed by atoms with Crippen LogP contribution in [0.15, 0.2) is 22.9 Å². The van der Waals surface area contributed by atoms with Crippen molar-refractivity contribution in [2.45, 2.75) is 26.3 Å². The molecule has 0 unspecified atom stereocenters. The van der Waals surface area contributed by atoms with E-state index in [1.165, 1.54) is 18.5 Å². The van der Waals surface area contributed by atoms with E-state index < -0.39 is 17.9 Å². The topological polar surface area (TPSA) is 79.3 Å². The molecule has 1 amide bonds. The van der Waals surface area contributed by atoms with Gasteiger partial charge in [-0.25, -0.2) is 4.79 Å². The summed E-state index contributed by atoms with van der Waals surface area (Å²) in [6.45, 7) is 3.81. The van der Waals surface area contributed by atoms with Gasteiger partial charge in [0.15, 0.2) is 0 Å².